The summed E-state index contributed by atoms with van der Waals surface area (Å²) in [4.78, 5) is 0. The minimum atomic E-state index is -0.412. The van der Waals surface area contributed by atoms with E-state index in [0.717, 1.165) is 31.2 Å². The van der Waals surface area contributed by atoms with Gasteiger partial charge < -0.3 is 9.84 Å². The average molecular weight is 252 g/mol. The average Bonchev–Trinajstić information content (AvgIpc) is 3.14. The number of aliphatic hydroxyl groups is 1. The Morgan fingerprint density at radius 3 is 2.83 bits per heavy atom. The summed E-state index contributed by atoms with van der Waals surface area (Å²) in [5, 5.41) is 9.70. The van der Waals surface area contributed by atoms with Crippen molar-refractivity contribution in [1.29, 1.82) is 0 Å². The molecule has 0 bridgehead atoms. The molecular formula is C15H21FO2. The van der Waals surface area contributed by atoms with E-state index in [9.17, 15) is 9.50 Å². The third-order valence-electron chi connectivity index (χ3n) is 3.32. The van der Waals surface area contributed by atoms with Crippen LogP contribution in [0.25, 0.3) is 0 Å². The second-order valence-corrected chi connectivity index (χ2v) is 5.09. The molecule has 0 spiro atoms. The van der Waals surface area contributed by atoms with Gasteiger partial charge in [-0.2, -0.15) is 0 Å². The second-order valence-electron chi connectivity index (χ2n) is 5.09. The van der Waals surface area contributed by atoms with Crippen molar-refractivity contribution in [2.45, 2.75) is 44.8 Å². The molecule has 0 radical (unpaired) electrons. The number of hydrogen-bond donors (Lipinski definition) is 1. The van der Waals surface area contributed by atoms with E-state index in [1.54, 1.807) is 6.07 Å². The van der Waals surface area contributed by atoms with Crippen molar-refractivity contribution in [3.8, 4) is 0 Å². The summed E-state index contributed by atoms with van der Waals surface area (Å²) in [6.45, 7) is 2.37. The summed E-state index contributed by atoms with van der Waals surface area (Å²) < 4.78 is 19.0. The van der Waals surface area contributed by atoms with Gasteiger partial charge in [-0.15, -0.1) is 0 Å². The van der Waals surface area contributed by atoms with Gasteiger partial charge in [-0.05, 0) is 42.9 Å². The Hall–Kier alpha value is -0.930. The summed E-state index contributed by atoms with van der Waals surface area (Å²) in [6, 6.07) is 6.60. The first kappa shape index (κ1) is 13.5. The molecule has 1 aliphatic carbocycles. The molecule has 2 atom stereocenters. The molecule has 1 saturated carbocycles. The Kier molecular flexibility index (Phi) is 4.72. The Morgan fingerprint density at radius 2 is 2.22 bits per heavy atom. The first-order valence-electron chi connectivity index (χ1n) is 6.76. The summed E-state index contributed by atoms with van der Waals surface area (Å²) in [5.41, 5.74) is 0.890. The first-order chi connectivity index (χ1) is 8.70. The van der Waals surface area contributed by atoms with E-state index in [0.29, 0.717) is 12.5 Å². The molecule has 2 rings (SSSR count). The van der Waals surface area contributed by atoms with Crippen LogP contribution in [0.4, 0.5) is 4.39 Å². The number of aliphatic hydroxyl groups excluding tert-OH is 1. The van der Waals surface area contributed by atoms with Crippen LogP contribution < -0.4 is 0 Å². The highest BCUT2D eigenvalue weighted by molar-refractivity contribution is 5.20. The monoisotopic (exact) mass is 252 g/mol. The fourth-order valence-electron chi connectivity index (χ4n) is 2.22. The van der Waals surface area contributed by atoms with Gasteiger partial charge >= 0.3 is 0 Å². The normalized spacial score (nSPS) is 18.6. The van der Waals surface area contributed by atoms with Crippen LogP contribution in [0, 0.1) is 11.7 Å². The van der Waals surface area contributed by atoms with E-state index in [-0.39, 0.29) is 11.9 Å². The van der Waals surface area contributed by atoms with Gasteiger partial charge in [0, 0.05) is 0 Å². The summed E-state index contributed by atoms with van der Waals surface area (Å²) in [6.07, 6.45) is 3.48. The molecule has 0 aliphatic heterocycles. The predicted molar refractivity (Wildman–Crippen MR) is 68.7 cm³/mol. The molecule has 1 aromatic carbocycles. The van der Waals surface area contributed by atoms with Crippen molar-refractivity contribution in [3.63, 3.8) is 0 Å². The predicted octanol–water partition coefficient (Wildman–Crippen LogP) is 3.45. The summed E-state index contributed by atoms with van der Waals surface area (Å²) in [5.74, 6) is 0.261. The fourth-order valence-corrected chi connectivity index (χ4v) is 2.22. The molecule has 100 valence electrons. The summed E-state index contributed by atoms with van der Waals surface area (Å²) in [7, 11) is 0. The van der Waals surface area contributed by atoms with Crippen LogP contribution in [-0.4, -0.2) is 17.8 Å². The highest BCUT2D eigenvalue weighted by Crippen LogP contribution is 2.43. The van der Waals surface area contributed by atoms with E-state index in [1.165, 1.54) is 12.1 Å². The quantitative estimate of drug-likeness (QED) is 0.805. The van der Waals surface area contributed by atoms with Crippen LogP contribution in [0.2, 0.25) is 0 Å². The van der Waals surface area contributed by atoms with Gasteiger partial charge in [0.05, 0.1) is 18.8 Å². The van der Waals surface area contributed by atoms with Crippen molar-refractivity contribution in [2.75, 3.05) is 6.61 Å². The van der Waals surface area contributed by atoms with E-state index in [2.05, 4.69) is 0 Å². The molecular weight excluding hydrogens is 231 g/mol. The van der Waals surface area contributed by atoms with Gasteiger partial charge in [0.15, 0.2) is 0 Å². The van der Waals surface area contributed by atoms with E-state index in [1.807, 2.05) is 13.0 Å². The van der Waals surface area contributed by atoms with Crippen molar-refractivity contribution in [1.82, 2.24) is 0 Å². The van der Waals surface area contributed by atoms with E-state index >= 15 is 0 Å². The van der Waals surface area contributed by atoms with Crippen molar-refractivity contribution in [2.24, 2.45) is 5.92 Å². The fraction of sp³-hybridized carbons (Fsp3) is 0.600. The third-order valence-corrected chi connectivity index (χ3v) is 3.32. The highest BCUT2D eigenvalue weighted by atomic mass is 19.1. The molecule has 0 saturated heterocycles. The van der Waals surface area contributed by atoms with Crippen LogP contribution in [-0.2, 0) is 4.74 Å². The van der Waals surface area contributed by atoms with Crippen LogP contribution in [0.15, 0.2) is 24.3 Å². The van der Waals surface area contributed by atoms with Gasteiger partial charge in [0.2, 0.25) is 0 Å². The molecule has 0 heterocycles. The van der Waals surface area contributed by atoms with Gasteiger partial charge in [-0.3, -0.25) is 0 Å². The maximum absolute atomic E-state index is 13.2. The number of ether oxygens (including phenoxy) is 1. The molecule has 3 heteroatoms. The van der Waals surface area contributed by atoms with Gasteiger partial charge in [-0.25, -0.2) is 4.39 Å². The van der Waals surface area contributed by atoms with Crippen LogP contribution in [0.1, 0.15) is 44.3 Å². The summed E-state index contributed by atoms with van der Waals surface area (Å²) >= 11 is 0. The first-order valence-corrected chi connectivity index (χ1v) is 6.76. The van der Waals surface area contributed by atoms with Crippen LogP contribution in [0.3, 0.4) is 0 Å². The van der Waals surface area contributed by atoms with Crippen LogP contribution >= 0.6 is 0 Å². The van der Waals surface area contributed by atoms with Crippen LogP contribution in [0.5, 0.6) is 0 Å². The lowest BCUT2D eigenvalue weighted by Gasteiger charge is -2.20. The topological polar surface area (TPSA) is 29.5 Å². The number of benzene rings is 1. The lowest BCUT2D eigenvalue weighted by atomic mass is 10.1. The minimum absolute atomic E-state index is 0.0628. The number of halogens is 1. The lowest BCUT2D eigenvalue weighted by molar-refractivity contribution is -0.0227. The highest BCUT2D eigenvalue weighted by Gasteiger charge is 2.33. The smallest absolute Gasteiger partial charge is 0.123 e. The molecule has 1 aliphatic rings. The van der Waals surface area contributed by atoms with Gasteiger partial charge in [-0.1, -0.05) is 25.5 Å². The van der Waals surface area contributed by atoms with Crippen molar-refractivity contribution in [3.05, 3.63) is 35.6 Å². The largest absolute Gasteiger partial charge is 0.391 e. The minimum Gasteiger partial charge on any atom is -0.391 e. The number of rotatable bonds is 7. The SMILES string of the molecule is CCC[C@@H](O)COC(c1cccc(F)c1)C1CC1. The number of hydrogen-bond acceptors (Lipinski definition) is 2. The second kappa shape index (κ2) is 6.30. The maximum Gasteiger partial charge on any atom is 0.123 e. The molecule has 1 fully saturated rings. The Morgan fingerprint density at radius 1 is 1.44 bits per heavy atom. The van der Waals surface area contributed by atoms with Gasteiger partial charge in [0.25, 0.3) is 0 Å². The maximum atomic E-state index is 13.2. The molecule has 1 aromatic rings. The molecule has 1 N–H and O–H groups in total. The zero-order chi connectivity index (χ0) is 13.0. The van der Waals surface area contributed by atoms with Crippen molar-refractivity contribution >= 4 is 0 Å². The molecule has 0 aromatic heterocycles. The van der Waals surface area contributed by atoms with Crippen molar-refractivity contribution < 1.29 is 14.2 Å². The lowest BCUT2D eigenvalue weighted by Crippen LogP contribution is -2.18. The van der Waals surface area contributed by atoms with E-state index < -0.39 is 6.10 Å². The zero-order valence-electron chi connectivity index (χ0n) is 10.8. The standard InChI is InChI=1S/C15H21FO2/c1-2-4-14(17)10-18-15(11-7-8-11)12-5-3-6-13(16)9-12/h3,5-6,9,11,14-15,17H,2,4,7-8,10H2,1H3/t14-,15?/m1/s1. The Labute approximate surface area is 108 Å². The molecule has 1 unspecified atom stereocenters. The Balaban J connectivity index is 1.96. The van der Waals surface area contributed by atoms with E-state index in [4.69, 9.17) is 4.74 Å². The third kappa shape index (κ3) is 3.79. The molecule has 0 amide bonds. The molecule has 18 heavy (non-hydrogen) atoms. The Bertz CT molecular complexity index is 377. The van der Waals surface area contributed by atoms with Gasteiger partial charge in [0.1, 0.15) is 5.82 Å². The molecule has 2 nitrogen and oxygen atoms in total. The zero-order valence-corrected chi connectivity index (χ0v) is 10.8.